The molecule has 0 aliphatic carbocycles. The molecule has 1 fully saturated rings. The Hall–Kier alpha value is -1.71. The first kappa shape index (κ1) is 18.1. The van der Waals surface area contributed by atoms with E-state index in [4.69, 9.17) is 23.2 Å². The molecule has 0 bridgehead atoms. The summed E-state index contributed by atoms with van der Waals surface area (Å²) in [6, 6.07) is 13.7. The monoisotopic (exact) mass is 376 g/mol. The molecule has 2 aromatic carbocycles. The molecule has 0 N–H and O–H groups in total. The van der Waals surface area contributed by atoms with Crippen LogP contribution in [0.25, 0.3) is 0 Å². The number of carbonyl (C=O) groups excluding carboxylic acids is 1. The van der Waals surface area contributed by atoms with Crippen LogP contribution in [0.5, 0.6) is 0 Å². The lowest BCUT2D eigenvalue weighted by atomic mass is 10.1. The van der Waals surface area contributed by atoms with E-state index in [-0.39, 0.29) is 5.91 Å². The first-order valence-electron chi connectivity index (χ1n) is 8.56. The number of nitrogens with zero attached hydrogens (tertiary/aromatic N) is 2. The van der Waals surface area contributed by atoms with Crippen molar-refractivity contribution in [2.75, 3.05) is 31.1 Å². The number of anilines is 1. The van der Waals surface area contributed by atoms with Crippen LogP contribution >= 0.6 is 23.2 Å². The van der Waals surface area contributed by atoms with Crippen LogP contribution in [0, 0.1) is 6.92 Å². The summed E-state index contributed by atoms with van der Waals surface area (Å²) >= 11 is 12.0. The lowest BCUT2D eigenvalue weighted by Gasteiger charge is -2.37. The molecule has 1 aliphatic heterocycles. The second kappa shape index (κ2) is 8.11. The van der Waals surface area contributed by atoms with Gasteiger partial charge in [0, 0.05) is 48.3 Å². The number of rotatable bonds is 4. The summed E-state index contributed by atoms with van der Waals surface area (Å²) in [5.74, 6) is 0.220. The van der Waals surface area contributed by atoms with Crippen LogP contribution < -0.4 is 4.90 Å². The van der Waals surface area contributed by atoms with Crippen molar-refractivity contribution < 1.29 is 4.79 Å². The van der Waals surface area contributed by atoms with Gasteiger partial charge in [0.15, 0.2) is 0 Å². The number of amides is 1. The van der Waals surface area contributed by atoms with Gasteiger partial charge in [-0.25, -0.2) is 0 Å². The molecule has 3 nitrogen and oxygen atoms in total. The van der Waals surface area contributed by atoms with Crippen LogP contribution in [0.2, 0.25) is 10.0 Å². The number of hydrogen-bond acceptors (Lipinski definition) is 2. The Bertz CT molecular complexity index is 738. The van der Waals surface area contributed by atoms with E-state index in [1.54, 1.807) is 0 Å². The maximum atomic E-state index is 12.5. The normalized spacial score (nSPS) is 14.7. The van der Waals surface area contributed by atoms with E-state index in [1.165, 1.54) is 11.3 Å². The zero-order valence-corrected chi connectivity index (χ0v) is 15.9. The Kier molecular flexibility index (Phi) is 5.87. The number of hydrogen-bond donors (Lipinski definition) is 0. The summed E-state index contributed by atoms with van der Waals surface area (Å²) in [5.41, 5.74) is 3.53. The smallest absolute Gasteiger partial charge is 0.223 e. The molecule has 0 radical (unpaired) electrons. The molecule has 1 saturated heterocycles. The molecular weight excluding hydrogens is 355 g/mol. The van der Waals surface area contributed by atoms with Crippen LogP contribution in [0.3, 0.4) is 0 Å². The first-order chi connectivity index (χ1) is 12.0. The third-order valence-electron chi connectivity index (χ3n) is 4.69. The highest BCUT2D eigenvalue weighted by Crippen LogP contribution is 2.25. The van der Waals surface area contributed by atoms with Gasteiger partial charge in [0.25, 0.3) is 0 Å². The van der Waals surface area contributed by atoms with E-state index in [0.717, 1.165) is 48.2 Å². The Balaban J connectivity index is 1.52. The summed E-state index contributed by atoms with van der Waals surface area (Å²) in [7, 11) is 0. The molecule has 2 aromatic rings. The fraction of sp³-hybridized carbons (Fsp3) is 0.350. The van der Waals surface area contributed by atoms with E-state index >= 15 is 0 Å². The van der Waals surface area contributed by atoms with Crippen molar-refractivity contribution in [2.45, 2.75) is 19.8 Å². The van der Waals surface area contributed by atoms with Gasteiger partial charge in [0.05, 0.1) is 0 Å². The molecule has 0 saturated carbocycles. The van der Waals surface area contributed by atoms with Gasteiger partial charge in [-0.05, 0) is 48.7 Å². The minimum absolute atomic E-state index is 0.220. The van der Waals surface area contributed by atoms with Crippen LogP contribution in [0.15, 0.2) is 42.5 Å². The fourth-order valence-corrected chi connectivity index (χ4v) is 3.47. The van der Waals surface area contributed by atoms with Crippen LogP contribution in [-0.4, -0.2) is 37.0 Å². The SMILES string of the molecule is Cc1ccc(Cl)cc1N1CCN(C(=O)CCc2ccc(Cl)cc2)CC1. The van der Waals surface area contributed by atoms with Gasteiger partial charge >= 0.3 is 0 Å². The minimum atomic E-state index is 0.220. The Labute approximate surface area is 159 Å². The van der Waals surface area contributed by atoms with E-state index < -0.39 is 0 Å². The average molecular weight is 377 g/mol. The predicted octanol–water partition coefficient (Wildman–Crippen LogP) is 4.58. The van der Waals surface area contributed by atoms with Gasteiger partial charge in [-0.2, -0.15) is 0 Å². The summed E-state index contributed by atoms with van der Waals surface area (Å²) in [4.78, 5) is 16.7. The molecule has 0 spiro atoms. The van der Waals surface area contributed by atoms with Crippen molar-refractivity contribution in [3.8, 4) is 0 Å². The second-order valence-corrected chi connectivity index (χ2v) is 7.30. The molecule has 132 valence electrons. The third-order valence-corrected chi connectivity index (χ3v) is 5.17. The fourth-order valence-electron chi connectivity index (χ4n) is 3.18. The highest BCUT2D eigenvalue weighted by atomic mass is 35.5. The van der Waals surface area contributed by atoms with Crippen molar-refractivity contribution in [1.82, 2.24) is 4.90 Å². The van der Waals surface area contributed by atoms with Gasteiger partial charge in [-0.1, -0.05) is 41.4 Å². The predicted molar refractivity (Wildman–Crippen MR) is 105 cm³/mol. The quantitative estimate of drug-likeness (QED) is 0.779. The summed E-state index contributed by atoms with van der Waals surface area (Å²) < 4.78 is 0. The maximum Gasteiger partial charge on any atom is 0.223 e. The van der Waals surface area contributed by atoms with Crippen molar-refractivity contribution in [3.63, 3.8) is 0 Å². The zero-order valence-electron chi connectivity index (χ0n) is 14.3. The van der Waals surface area contributed by atoms with Gasteiger partial charge in [0.1, 0.15) is 0 Å². The standard InChI is InChI=1S/C20H22Cl2N2O/c1-15-2-6-18(22)14-19(15)23-10-12-24(13-11-23)20(25)9-5-16-3-7-17(21)8-4-16/h2-4,6-8,14H,5,9-13H2,1H3. The topological polar surface area (TPSA) is 23.6 Å². The lowest BCUT2D eigenvalue weighted by molar-refractivity contribution is -0.131. The molecule has 0 aromatic heterocycles. The maximum absolute atomic E-state index is 12.5. The number of piperazine rings is 1. The van der Waals surface area contributed by atoms with Gasteiger partial charge in [-0.15, -0.1) is 0 Å². The molecular formula is C20H22Cl2N2O. The molecule has 5 heteroatoms. The summed E-state index contributed by atoms with van der Waals surface area (Å²) in [5, 5.41) is 1.48. The largest absolute Gasteiger partial charge is 0.368 e. The van der Waals surface area contributed by atoms with Crippen molar-refractivity contribution in [2.24, 2.45) is 0 Å². The van der Waals surface area contributed by atoms with Crippen molar-refractivity contribution >= 4 is 34.8 Å². The van der Waals surface area contributed by atoms with Crippen LogP contribution in [0.4, 0.5) is 5.69 Å². The number of aryl methyl sites for hydroxylation is 2. The van der Waals surface area contributed by atoms with Gasteiger partial charge in [0.2, 0.25) is 5.91 Å². The number of halogens is 2. The average Bonchev–Trinajstić information content (AvgIpc) is 2.63. The highest BCUT2D eigenvalue weighted by Gasteiger charge is 2.22. The molecule has 25 heavy (non-hydrogen) atoms. The zero-order chi connectivity index (χ0) is 17.8. The van der Waals surface area contributed by atoms with Gasteiger partial charge in [-0.3, -0.25) is 4.79 Å². The summed E-state index contributed by atoms with van der Waals surface area (Å²) in [6.07, 6.45) is 1.29. The Morgan fingerprint density at radius 1 is 0.960 bits per heavy atom. The lowest BCUT2D eigenvalue weighted by Crippen LogP contribution is -2.49. The van der Waals surface area contributed by atoms with E-state index in [0.29, 0.717) is 6.42 Å². The molecule has 1 amide bonds. The highest BCUT2D eigenvalue weighted by molar-refractivity contribution is 6.31. The molecule has 1 aliphatic rings. The molecule has 0 atom stereocenters. The molecule has 0 unspecified atom stereocenters. The van der Waals surface area contributed by atoms with E-state index in [9.17, 15) is 4.79 Å². The number of benzene rings is 2. The Morgan fingerprint density at radius 3 is 2.28 bits per heavy atom. The van der Waals surface area contributed by atoms with E-state index in [1.807, 2.05) is 47.4 Å². The summed E-state index contributed by atoms with van der Waals surface area (Å²) in [6.45, 7) is 5.29. The Morgan fingerprint density at radius 2 is 1.60 bits per heavy atom. The molecule has 1 heterocycles. The van der Waals surface area contributed by atoms with E-state index in [2.05, 4.69) is 11.8 Å². The second-order valence-electron chi connectivity index (χ2n) is 6.43. The first-order valence-corrected chi connectivity index (χ1v) is 9.32. The molecule has 3 rings (SSSR count). The number of carbonyl (C=O) groups is 1. The van der Waals surface area contributed by atoms with Crippen LogP contribution in [-0.2, 0) is 11.2 Å². The van der Waals surface area contributed by atoms with Crippen LogP contribution in [0.1, 0.15) is 17.5 Å². The third kappa shape index (κ3) is 4.68. The minimum Gasteiger partial charge on any atom is -0.368 e. The van der Waals surface area contributed by atoms with Crippen molar-refractivity contribution in [3.05, 3.63) is 63.6 Å². The van der Waals surface area contributed by atoms with Crippen molar-refractivity contribution in [1.29, 1.82) is 0 Å². The van der Waals surface area contributed by atoms with Gasteiger partial charge < -0.3 is 9.80 Å².